The maximum absolute atomic E-state index is 6.75. The number of fused-ring (bicyclic) bond motifs is 5. The maximum Gasteiger partial charge on any atom is 0.166 e. The molecule has 3 aliphatic carbocycles. The van der Waals surface area contributed by atoms with Crippen LogP contribution in [0.2, 0.25) is 0 Å². The molecule has 0 nitrogen and oxygen atoms in total. The highest BCUT2D eigenvalue weighted by atomic mass is 35.5. The number of hydrogen-bond donors (Lipinski definition) is 0. The summed E-state index contributed by atoms with van der Waals surface area (Å²) in [4.78, 5) is -2.07. The van der Waals surface area contributed by atoms with E-state index in [1.54, 1.807) is 0 Å². The molecule has 0 saturated heterocycles. The Morgan fingerprint density at radius 2 is 1.11 bits per heavy atom. The first-order chi connectivity index (χ1) is 8.29. The van der Waals surface area contributed by atoms with Crippen molar-refractivity contribution >= 4 is 69.6 Å². The smallest absolute Gasteiger partial charge is 0.109 e. The molecule has 2 bridgehead atoms. The van der Waals surface area contributed by atoms with Gasteiger partial charge in [0.25, 0.3) is 0 Å². The van der Waals surface area contributed by atoms with Crippen LogP contribution in [0.3, 0.4) is 0 Å². The molecule has 0 aliphatic heterocycles. The Kier molecular flexibility index (Phi) is 3.40. The molecule has 2 fully saturated rings. The zero-order chi connectivity index (χ0) is 13.3. The molecule has 0 unspecified atom stereocenters. The van der Waals surface area contributed by atoms with E-state index in [1.807, 2.05) is 0 Å². The van der Waals surface area contributed by atoms with Crippen molar-refractivity contribution in [3.05, 3.63) is 10.1 Å². The minimum Gasteiger partial charge on any atom is -0.109 e. The van der Waals surface area contributed by atoms with Gasteiger partial charge in [0.05, 0.1) is 10.1 Å². The van der Waals surface area contributed by atoms with Crippen molar-refractivity contribution in [2.24, 2.45) is 11.8 Å². The Morgan fingerprint density at radius 3 is 1.50 bits per heavy atom. The van der Waals surface area contributed by atoms with Gasteiger partial charge in [0.15, 0.2) is 4.33 Å². The maximum atomic E-state index is 6.75. The summed E-state index contributed by atoms with van der Waals surface area (Å²) >= 11 is 39.2. The van der Waals surface area contributed by atoms with Crippen molar-refractivity contribution < 1.29 is 0 Å². The van der Waals surface area contributed by atoms with Crippen LogP contribution in [0.5, 0.6) is 0 Å². The first-order valence-electron chi connectivity index (χ1n) is 6.11. The normalized spacial score (nSPS) is 50.3. The lowest BCUT2D eigenvalue weighted by molar-refractivity contribution is 0.308. The van der Waals surface area contributed by atoms with E-state index in [4.69, 9.17) is 69.6 Å². The Hall–Kier alpha value is 1.48. The molecule has 0 spiro atoms. The van der Waals surface area contributed by atoms with Crippen LogP contribution in [0, 0.1) is 11.8 Å². The van der Waals surface area contributed by atoms with E-state index in [1.165, 1.54) is 6.42 Å². The molecule has 0 heterocycles. The molecule has 6 heteroatoms. The molecular weight excluding hydrogens is 357 g/mol. The highest BCUT2D eigenvalue weighted by Gasteiger charge is 2.81. The molecular formula is C12H12Cl6. The number of allylic oxidation sites excluding steroid dienone is 2. The van der Waals surface area contributed by atoms with E-state index in [0.29, 0.717) is 10.1 Å². The second-order valence-corrected chi connectivity index (χ2v) is 8.75. The van der Waals surface area contributed by atoms with Gasteiger partial charge in [-0.3, -0.25) is 0 Å². The molecule has 4 atom stereocenters. The first-order valence-corrected chi connectivity index (χ1v) is 8.38. The second-order valence-electron chi connectivity index (χ2n) is 5.48. The van der Waals surface area contributed by atoms with Gasteiger partial charge in [-0.2, -0.15) is 0 Å². The quantitative estimate of drug-likeness (QED) is 0.458. The fourth-order valence-corrected chi connectivity index (χ4v) is 7.06. The van der Waals surface area contributed by atoms with Crippen LogP contribution < -0.4 is 0 Å². The van der Waals surface area contributed by atoms with E-state index in [-0.39, 0.29) is 11.8 Å². The highest BCUT2D eigenvalue weighted by Crippen LogP contribution is 2.77. The summed E-state index contributed by atoms with van der Waals surface area (Å²) < 4.78 is -1.34. The van der Waals surface area contributed by atoms with Gasteiger partial charge in [-0.25, -0.2) is 0 Å². The third-order valence-corrected chi connectivity index (χ3v) is 9.13. The van der Waals surface area contributed by atoms with Crippen LogP contribution in [-0.2, 0) is 0 Å². The first kappa shape index (κ1) is 14.4. The van der Waals surface area contributed by atoms with E-state index >= 15 is 0 Å². The number of rotatable bonds is 0. The summed E-state index contributed by atoms with van der Waals surface area (Å²) in [5.74, 6) is 0.202. The van der Waals surface area contributed by atoms with Gasteiger partial charge in [-0.15, -0.1) is 23.2 Å². The summed E-state index contributed by atoms with van der Waals surface area (Å²) in [7, 11) is 0. The van der Waals surface area contributed by atoms with Crippen LogP contribution in [-0.4, -0.2) is 14.1 Å². The standard InChI is InChI=1S/C12H12Cl6/c13-8-9(14)11(16)7-5-3-1-2-4-6(7)10(8,15)12(11,17)18/h6-7H,1-5H2/t6-,7-,10-,11-/m0/s1. The van der Waals surface area contributed by atoms with Crippen LogP contribution in [0.4, 0.5) is 0 Å². The van der Waals surface area contributed by atoms with Crippen molar-refractivity contribution in [2.45, 2.75) is 46.2 Å². The highest BCUT2D eigenvalue weighted by molar-refractivity contribution is 6.65. The molecule has 0 radical (unpaired) electrons. The van der Waals surface area contributed by atoms with Gasteiger partial charge in [-0.05, 0) is 24.7 Å². The van der Waals surface area contributed by atoms with Gasteiger partial charge in [0.2, 0.25) is 0 Å². The summed E-state index contributed by atoms with van der Waals surface area (Å²) in [5, 5.41) is 0.683. The Balaban J connectivity index is 2.21. The molecule has 0 aromatic heterocycles. The second kappa shape index (κ2) is 4.24. The zero-order valence-electron chi connectivity index (χ0n) is 9.46. The third-order valence-electron chi connectivity index (χ3n) is 4.78. The molecule has 102 valence electrons. The van der Waals surface area contributed by atoms with Gasteiger partial charge in [0.1, 0.15) is 9.75 Å². The number of hydrogen-bond acceptors (Lipinski definition) is 0. The third kappa shape index (κ3) is 1.34. The van der Waals surface area contributed by atoms with E-state index in [9.17, 15) is 0 Å². The van der Waals surface area contributed by atoms with E-state index < -0.39 is 14.1 Å². The lowest BCUT2D eigenvalue weighted by Gasteiger charge is -2.35. The lowest BCUT2D eigenvalue weighted by atomic mass is 9.79. The van der Waals surface area contributed by atoms with Gasteiger partial charge in [-0.1, -0.05) is 65.7 Å². The lowest BCUT2D eigenvalue weighted by Crippen LogP contribution is -2.44. The predicted molar refractivity (Wildman–Crippen MR) is 80.4 cm³/mol. The average Bonchev–Trinajstić information content (AvgIpc) is 2.60. The Bertz CT molecular complexity index is 394. The monoisotopic (exact) mass is 366 g/mol. The molecule has 18 heavy (non-hydrogen) atoms. The number of alkyl halides is 4. The molecule has 0 amide bonds. The minimum absolute atomic E-state index is 0.101. The van der Waals surface area contributed by atoms with Gasteiger partial charge >= 0.3 is 0 Å². The Morgan fingerprint density at radius 1 is 0.722 bits per heavy atom. The minimum atomic E-state index is -1.34. The predicted octanol–water partition coefficient (Wildman–Crippen LogP) is 6.03. The summed E-state index contributed by atoms with van der Waals surface area (Å²) in [6.45, 7) is 0. The van der Waals surface area contributed by atoms with Crippen molar-refractivity contribution in [1.82, 2.24) is 0 Å². The van der Waals surface area contributed by atoms with Crippen molar-refractivity contribution in [1.29, 1.82) is 0 Å². The SMILES string of the molecule is ClC1=C(Cl)[C@@]2(Cl)[C@H]3CCCCC[C@@H]3[C@@]1(Cl)C2(Cl)Cl. The van der Waals surface area contributed by atoms with Crippen molar-refractivity contribution in [3.63, 3.8) is 0 Å². The van der Waals surface area contributed by atoms with E-state index in [2.05, 4.69) is 0 Å². The zero-order valence-corrected chi connectivity index (χ0v) is 14.0. The van der Waals surface area contributed by atoms with Crippen molar-refractivity contribution in [3.8, 4) is 0 Å². The number of halogens is 6. The van der Waals surface area contributed by atoms with Crippen LogP contribution >= 0.6 is 69.6 Å². The topological polar surface area (TPSA) is 0 Å². The van der Waals surface area contributed by atoms with E-state index in [0.717, 1.165) is 25.7 Å². The summed E-state index contributed by atoms with van der Waals surface area (Å²) in [5.41, 5.74) is 0. The molecule has 0 aromatic carbocycles. The summed E-state index contributed by atoms with van der Waals surface area (Å²) in [6, 6.07) is 0. The fourth-order valence-electron chi connectivity index (χ4n) is 3.91. The largest absolute Gasteiger partial charge is 0.166 e. The fraction of sp³-hybridized carbons (Fsp3) is 0.833. The molecule has 0 aromatic rings. The van der Waals surface area contributed by atoms with Gasteiger partial charge in [0, 0.05) is 0 Å². The van der Waals surface area contributed by atoms with Gasteiger partial charge < -0.3 is 0 Å². The molecule has 2 saturated carbocycles. The van der Waals surface area contributed by atoms with Crippen LogP contribution in [0.15, 0.2) is 10.1 Å². The Labute approximate surface area is 137 Å². The molecule has 3 aliphatic rings. The molecule has 0 N–H and O–H groups in total. The van der Waals surface area contributed by atoms with Crippen molar-refractivity contribution in [2.75, 3.05) is 0 Å². The molecule has 3 rings (SSSR count). The summed E-state index contributed by atoms with van der Waals surface area (Å²) in [6.07, 6.45) is 5.29. The van der Waals surface area contributed by atoms with Crippen LogP contribution in [0.25, 0.3) is 0 Å². The average molecular weight is 369 g/mol. The van der Waals surface area contributed by atoms with Crippen LogP contribution in [0.1, 0.15) is 32.1 Å².